The highest BCUT2D eigenvalue weighted by Crippen LogP contribution is 2.17. The topological polar surface area (TPSA) is 44.9 Å². The SMILES string of the molecule is Cc1ccc2[nH]c(=O)c(CC3CCNC3)cc2c1. The Kier molecular flexibility index (Phi) is 2.92. The fourth-order valence-electron chi connectivity index (χ4n) is 2.72. The number of aromatic amines is 1. The third kappa shape index (κ3) is 2.18. The second-order valence-electron chi connectivity index (χ2n) is 5.28. The Balaban J connectivity index is 2.00. The molecule has 18 heavy (non-hydrogen) atoms. The van der Waals surface area contributed by atoms with E-state index >= 15 is 0 Å². The predicted octanol–water partition coefficient (Wildman–Crippen LogP) is 1.99. The van der Waals surface area contributed by atoms with E-state index in [1.54, 1.807) is 0 Å². The zero-order chi connectivity index (χ0) is 12.5. The predicted molar refractivity (Wildman–Crippen MR) is 74.0 cm³/mol. The quantitative estimate of drug-likeness (QED) is 0.846. The fourth-order valence-corrected chi connectivity index (χ4v) is 2.72. The molecule has 0 aliphatic carbocycles. The van der Waals surface area contributed by atoms with E-state index in [0.717, 1.165) is 36.0 Å². The first kappa shape index (κ1) is 11.5. The summed E-state index contributed by atoms with van der Waals surface area (Å²) in [6.07, 6.45) is 2.05. The van der Waals surface area contributed by atoms with E-state index in [4.69, 9.17) is 0 Å². The van der Waals surface area contributed by atoms with Crippen molar-refractivity contribution >= 4 is 10.9 Å². The summed E-state index contributed by atoms with van der Waals surface area (Å²) < 4.78 is 0. The van der Waals surface area contributed by atoms with Crippen LogP contribution < -0.4 is 10.9 Å². The third-order valence-corrected chi connectivity index (χ3v) is 3.75. The third-order valence-electron chi connectivity index (χ3n) is 3.75. The molecule has 94 valence electrons. The number of nitrogens with one attached hydrogen (secondary N) is 2. The number of aromatic nitrogens is 1. The Labute approximate surface area is 106 Å². The molecule has 1 aromatic carbocycles. The molecule has 3 rings (SSSR count). The van der Waals surface area contributed by atoms with Gasteiger partial charge in [0.15, 0.2) is 0 Å². The molecule has 1 atom stereocenters. The average Bonchev–Trinajstić information content (AvgIpc) is 2.83. The molecule has 1 aliphatic heterocycles. The molecule has 1 fully saturated rings. The molecule has 0 saturated carbocycles. The number of benzene rings is 1. The normalized spacial score (nSPS) is 19.5. The summed E-state index contributed by atoms with van der Waals surface area (Å²) in [5.41, 5.74) is 3.14. The van der Waals surface area contributed by atoms with E-state index in [1.165, 1.54) is 12.0 Å². The van der Waals surface area contributed by atoms with Crippen LogP contribution in [0.3, 0.4) is 0 Å². The molecule has 0 spiro atoms. The standard InChI is InChI=1S/C15H18N2O/c1-10-2-3-14-12(6-10)8-13(15(18)17-14)7-11-4-5-16-9-11/h2-3,6,8,11,16H,4-5,7,9H2,1H3,(H,17,18). The van der Waals surface area contributed by atoms with Gasteiger partial charge in [-0.25, -0.2) is 0 Å². The minimum absolute atomic E-state index is 0.0678. The smallest absolute Gasteiger partial charge is 0.251 e. The van der Waals surface area contributed by atoms with Gasteiger partial charge in [-0.15, -0.1) is 0 Å². The Hall–Kier alpha value is -1.61. The Bertz CT molecular complexity index is 624. The van der Waals surface area contributed by atoms with Crippen molar-refractivity contribution < 1.29 is 0 Å². The van der Waals surface area contributed by atoms with E-state index < -0.39 is 0 Å². The number of fused-ring (bicyclic) bond motifs is 1. The first-order valence-corrected chi connectivity index (χ1v) is 6.55. The van der Waals surface area contributed by atoms with Gasteiger partial charge in [-0.05, 0) is 62.4 Å². The lowest BCUT2D eigenvalue weighted by Crippen LogP contribution is -2.18. The molecule has 3 nitrogen and oxygen atoms in total. The van der Waals surface area contributed by atoms with E-state index in [9.17, 15) is 4.79 Å². The van der Waals surface area contributed by atoms with Crippen LogP contribution in [-0.2, 0) is 6.42 Å². The molecule has 2 heterocycles. The van der Waals surface area contributed by atoms with Crippen LogP contribution in [0.2, 0.25) is 0 Å². The highest BCUT2D eigenvalue weighted by molar-refractivity contribution is 5.79. The maximum Gasteiger partial charge on any atom is 0.251 e. The molecule has 2 N–H and O–H groups in total. The number of rotatable bonds is 2. The van der Waals surface area contributed by atoms with E-state index in [1.807, 2.05) is 12.1 Å². The Morgan fingerprint density at radius 3 is 3.00 bits per heavy atom. The molecule has 1 aromatic heterocycles. The number of hydrogen-bond donors (Lipinski definition) is 2. The Morgan fingerprint density at radius 1 is 1.33 bits per heavy atom. The molecule has 0 bridgehead atoms. The van der Waals surface area contributed by atoms with Crippen molar-refractivity contribution in [3.05, 3.63) is 45.7 Å². The zero-order valence-corrected chi connectivity index (χ0v) is 10.6. The lowest BCUT2D eigenvalue weighted by molar-refractivity contribution is 0.577. The monoisotopic (exact) mass is 242 g/mol. The summed E-state index contributed by atoms with van der Waals surface area (Å²) in [6, 6.07) is 8.19. The highest BCUT2D eigenvalue weighted by Gasteiger charge is 2.16. The Morgan fingerprint density at radius 2 is 2.22 bits per heavy atom. The van der Waals surface area contributed by atoms with Gasteiger partial charge in [0.05, 0.1) is 0 Å². The lowest BCUT2D eigenvalue weighted by atomic mass is 9.98. The second-order valence-corrected chi connectivity index (χ2v) is 5.28. The number of pyridine rings is 1. The summed E-state index contributed by atoms with van der Waals surface area (Å²) in [4.78, 5) is 15.0. The maximum absolute atomic E-state index is 12.0. The van der Waals surface area contributed by atoms with Gasteiger partial charge in [0.25, 0.3) is 5.56 Å². The van der Waals surface area contributed by atoms with Gasteiger partial charge in [0, 0.05) is 11.1 Å². The second kappa shape index (κ2) is 4.58. The largest absolute Gasteiger partial charge is 0.322 e. The van der Waals surface area contributed by atoms with Crippen molar-refractivity contribution in [3.8, 4) is 0 Å². The van der Waals surface area contributed by atoms with E-state index in [0.29, 0.717) is 5.92 Å². The van der Waals surface area contributed by atoms with Crippen LogP contribution in [0.1, 0.15) is 17.5 Å². The highest BCUT2D eigenvalue weighted by atomic mass is 16.1. The van der Waals surface area contributed by atoms with E-state index in [2.05, 4.69) is 29.4 Å². The van der Waals surface area contributed by atoms with Crippen LogP contribution in [-0.4, -0.2) is 18.1 Å². The van der Waals surface area contributed by atoms with Crippen LogP contribution in [0.4, 0.5) is 0 Å². The van der Waals surface area contributed by atoms with Crippen LogP contribution in [0, 0.1) is 12.8 Å². The van der Waals surface area contributed by atoms with Crippen molar-refractivity contribution in [1.82, 2.24) is 10.3 Å². The molecule has 0 amide bonds. The molecule has 1 saturated heterocycles. The van der Waals surface area contributed by atoms with Gasteiger partial charge < -0.3 is 10.3 Å². The first-order chi connectivity index (χ1) is 8.72. The van der Waals surface area contributed by atoms with Crippen molar-refractivity contribution in [1.29, 1.82) is 0 Å². The van der Waals surface area contributed by atoms with Gasteiger partial charge in [-0.3, -0.25) is 4.79 Å². The molecule has 3 heteroatoms. The number of H-pyrrole nitrogens is 1. The molecular formula is C15H18N2O. The zero-order valence-electron chi connectivity index (χ0n) is 10.6. The van der Waals surface area contributed by atoms with Crippen LogP contribution >= 0.6 is 0 Å². The first-order valence-electron chi connectivity index (χ1n) is 6.55. The van der Waals surface area contributed by atoms with Gasteiger partial charge in [0.2, 0.25) is 0 Å². The maximum atomic E-state index is 12.0. The molecule has 1 aliphatic rings. The van der Waals surface area contributed by atoms with Crippen LogP contribution in [0.15, 0.2) is 29.1 Å². The van der Waals surface area contributed by atoms with E-state index in [-0.39, 0.29) is 5.56 Å². The summed E-state index contributed by atoms with van der Waals surface area (Å²) in [5.74, 6) is 0.605. The fraction of sp³-hybridized carbons (Fsp3) is 0.400. The van der Waals surface area contributed by atoms with Crippen molar-refractivity contribution in [3.63, 3.8) is 0 Å². The molecular weight excluding hydrogens is 224 g/mol. The lowest BCUT2D eigenvalue weighted by Gasteiger charge is -2.08. The summed E-state index contributed by atoms with van der Waals surface area (Å²) in [6.45, 7) is 4.19. The molecule has 1 unspecified atom stereocenters. The number of hydrogen-bond acceptors (Lipinski definition) is 2. The average molecular weight is 242 g/mol. The van der Waals surface area contributed by atoms with Crippen LogP contribution in [0.25, 0.3) is 10.9 Å². The minimum atomic E-state index is 0.0678. The molecule has 0 radical (unpaired) electrons. The van der Waals surface area contributed by atoms with Gasteiger partial charge >= 0.3 is 0 Å². The minimum Gasteiger partial charge on any atom is -0.322 e. The van der Waals surface area contributed by atoms with Crippen LogP contribution in [0.5, 0.6) is 0 Å². The molecule has 2 aromatic rings. The summed E-state index contributed by atoms with van der Waals surface area (Å²) >= 11 is 0. The van der Waals surface area contributed by atoms with Gasteiger partial charge in [-0.1, -0.05) is 11.6 Å². The number of aryl methyl sites for hydroxylation is 1. The van der Waals surface area contributed by atoms with Crippen molar-refractivity contribution in [2.45, 2.75) is 19.8 Å². The summed E-state index contributed by atoms with van der Waals surface area (Å²) in [7, 11) is 0. The van der Waals surface area contributed by atoms with Crippen molar-refractivity contribution in [2.75, 3.05) is 13.1 Å². The van der Waals surface area contributed by atoms with Gasteiger partial charge in [-0.2, -0.15) is 0 Å². The summed E-state index contributed by atoms with van der Waals surface area (Å²) in [5, 5.41) is 4.48. The van der Waals surface area contributed by atoms with Crippen molar-refractivity contribution in [2.24, 2.45) is 5.92 Å². The van der Waals surface area contributed by atoms with Gasteiger partial charge in [0.1, 0.15) is 0 Å².